The molecule has 1 aliphatic rings. The van der Waals surface area contributed by atoms with Crippen molar-refractivity contribution in [3.05, 3.63) is 27.9 Å². The Morgan fingerprint density at radius 2 is 2.22 bits per heavy atom. The number of hydrogen-bond acceptors (Lipinski definition) is 3. The maximum atomic E-state index is 11.9. The van der Waals surface area contributed by atoms with Crippen LogP contribution in [0, 0.1) is 19.8 Å². The number of aryl methyl sites for hydroxylation is 2. The maximum absolute atomic E-state index is 11.9. The third kappa shape index (κ3) is 3.19. The average molecular weight is 249 g/mol. The molecule has 0 radical (unpaired) electrons. The van der Waals surface area contributed by atoms with Crippen molar-refractivity contribution in [3.63, 3.8) is 0 Å². The first kappa shape index (κ1) is 13.3. The van der Waals surface area contributed by atoms with Crippen LogP contribution in [0.1, 0.15) is 37.6 Å². The van der Waals surface area contributed by atoms with Gasteiger partial charge in [-0.1, -0.05) is 6.92 Å². The van der Waals surface area contributed by atoms with Gasteiger partial charge in [0, 0.05) is 24.0 Å². The highest BCUT2D eigenvalue weighted by atomic mass is 16.1. The molecule has 1 saturated carbocycles. The Balaban J connectivity index is 2.13. The van der Waals surface area contributed by atoms with Crippen LogP contribution in [-0.2, 0) is 6.54 Å². The van der Waals surface area contributed by atoms with Gasteiger partial charge in [0.1, 0.15) is 0 Å². The van der Waals surface area contributed by atoms with Gasteiger partial charge in [0.15, 0.2) is 0 Å². The van der Waals surface area contributed by atoms with Gasteiger partial charge in [0.25, 0.3) is 0 Å². The minimum absolute atomic E-state index is 0.114. The second kappa shape index (κ2) is 5.65. The van der Waals surface area contributed by atoms with E-state index in [-0.39, 0.29) is 5.69 Å². The molecule has 1 N–H and O–H groups in total. The molecule has 1 aromatic heterocycles. The molecular weight excluding hydrogens is 226 g/mol. The van der Waals surface area contributed by atoms with Crippen LogP contribution in [0.2, 0.25) is 0 Å². The summed E-state index contributed by atoms with van der Waals surface area (Å²) in [7, 11) is 0. The van der Waals surface area contributed by atoms with Gasteiger partial charge in [-0.2, -0.15) is 4.98 Å². The maximum Gasteiger partial charge on any atom is 0.348 e. The number of nitrogens with one attached hydrogen (secondary N) is 1. The summed E-state index contributed by atoms with van der Waals surface area (Å²) in [6.07, 6.45) is 3.70. The first-order valence-corrected chi connectivity index (χ1v) is 6.90. The lowest BCUT2D eigenvalue weighted by atomic mass is 10.1. The van der Waals surface area contributed by atoms with Crippen LogP contribution in [0.15, 0.2) is 10.9 Å². The fourth-order valence-corrected chi connectivity index (χ4v) is 2.40. The molecule has 1 aliphatic carbocycles. The second-order valence-corrected chi connectivity index (χ2v) is 5.33. The Labute approximate surface area is 108 Å². The number of rotatable bonds is 6. The summed E-state index contributed by atoms with van der Waals surface area (Å²) in [6.45, 7) is 7.80. The van der Waals surface area contributed by atoms with Gasteiger partial charge in [0.2, 0.25) is 0 Å². The van der Waals surface area contributed by atoms with E-state index in [0.717, 1.165) is 36.8 Å². The first-order chi connectivity index (χ1) is 8.61. The van der Waals surface area contributed by atoms with Crippen LogP contribution in [0.4, 0.5) is 0 Å². The largest absolute Gasteiger partial charge is 0.348 e. The van der Waals surface area contributed by atoms with E-state index in [1.54, 1.807) is 4.57 Å². The molecular formula is C14H23N3O. The molecule has 2 rings (SSSR count). The van der Waals surface area contributed by atoms with Crippen molar-refractivity contribution in [2.45, 2.75) is 52.6 Å². The highest BCUT2D eigenvalue weighted by molar-refractivity contribution is 5.07. The zero-order valence-electron chi connectivity index (χ0n) is 11.6. The lowest BCUT2D eigenvalue weighted by molar-refractivity contribution is 0.395. The van der Waals surface area contributed by atoms with Crippen LogP contribution < -0.4 is 11.0 Å². The molecule has 100 valence electrons. The van der Waals surface area contributed by atoms with Gasteiger partial charge in [-0.05, 0) is 51.6 Å². The van der Waals surface area contributed by atoms with Crippen LogP contribution in [-0.4, -0.2) is 22.1 Å². The monoisotopic (exact) mass is 249 g/mol. The van der Waals surface area contributed by atoms with E-state index in [9.17, 15) is 4.79 Å². The molecule has 1 aromatic rings. The first-order valence-electron chi connectivity index (χ1n) is 6.90. The van der Waals surface area contributed by atoms with E-state index >= 15 is 0 Å². The minimum atomic E-state index is -0.114. The van der Waals surface area contributed by atoms with E-state index in [1.807, 2.05) is 19.9 Å². The Morgan fingerprint density at radius 1 is 1.50 bits per heavy atom. The van der Waals surface area contributed by atoms with Gasteiger partial charge in [-0.3, -0.25) is 4.57 Å². The molecule has 1 atom stereocenters. The van der Waals surface area contributed by atoms with Crippen LogP contribution in [0.25, 0.3) is 0 Å². The minimum Gasteiger partial charge on any atom is -0.312 e. The Morgan fingerprint density at radius 3 is 2.78 bits per heavy atom. The Bertz CT molecular complexity index is 463. The number of nitrogens with zero attached hydrogens (tertiary/aromatic N) is 2. The van der Waals surface area contributed by atoms with Crippen molar-refractivity contribution in [1.82, 2.24) is 14.9 Å². The zero-order chi connectivity index (χ0) is 13.1. The van der Waals surface area contributed by atoms with Crippen molar-refractivity contribution in [2.75, 3.05) is 6.54 Å². The lowest BCUT2D eigenvalue weighted by Gasteiger charge is -2.20. The highest BCUT2D eigenvalue weighted by Crippen LogP contribution is 2.33. The van der Waals surface area contributed by atoms with Gasteiger partial charge in [0.05, 0.1) is 0 Å². The van der Waals surface area contributed by atoms with Gasteiger partial charge < -0.3 is 5.32 Å². The topological polar surface area (TPSA) is 46.9 Å². The normalized spacial score (nSPS) is 16.8. The fourth-order valence-electron chi connectivity index (χ4n) is 2.40. The molecule has 1 unspecified atom stereocenters. The predicted molar refractivity (Wildman–Crippen MR) is 72.8 cm³/mol. The quantitative estimate of drug-likeness (QED) is 0.833. The predicted octanol–water partition coefficient (Wildman–Crippen LogP) is 1.64. The number of aromatic nitrogens is 2. The molecule has 4 nitrogen and oxygen atoms in total. The van der Waals surface area contributed by atoms with Crippen molar-refractivity contribution < 1.29 is 0 Å². The van der Waals surface area contributed by atoms with Crippen molar-refractivity contribution in [3.8, 4) is 0 Å². The summed E-state index contributed by atoms with van der Waals surface area (Å²) in [5, 5.41) is 3.56. The molecule has 1 heterocycles. The van der Waals surface area contributed by atoms with E-state index in [2.05, 4.69) is 17.2 Å². The van der Waals surface area contributed by atoms with Gasteiger partial charge in [-0.25, -0.2) is 4.79 Å². The SMILES string of the molecule is CCCNC(Cn1c(C)cc(C)nc1=O)C1CC1. The molecule has 0 aromatic carbocycles. The van der Waals surface area contributed by atoms with Crippen LogP contribution >= 0.6 is 0 Å². The molecule has 0 aliphatic heterocycles. The summed E-state index contributed by atoms with van der Waals surface area (Å²) < 4.78 is 1.80. The zero-order valence-corrected chi connectivity index (χ0v) is 11.6. The summed E-state index contributed by atoms with van der Waals surface area (Å²) in [6, 6.07) is 2.40. The third-order valence-corrected chi connectivity index (χ3v) is 3.57. The van der Waals surface area contributed by atoms with Crippen molar-refractivity contribution in [1.29, 1.82) is 0 Å². The van der Waals surface area contributed by atoms with Crippen molar-refractivity contribution >= 4 is 0 Å². The molecule has 0 bridgehead atoms. The Hall–Kier alpha value is -1.16. The molecule has 0 spiro atoms. The average Bonchev–Trinajstić information content (AvgIpc) is 3.11. The van der Waals surface area contributed by atoms with Crippen molar-refractivity contribution in [2.24, 2.45) is 5.92 Å². The van der Waals surface area contributed by atoms with Crippen LogP contribution in [0.3, 0.4) is 0 Å². The second-order valence-electron chi connectivity index (χ2n) is 5.33. The molecule has 4 heteroatoms. The summed E-state index contributed by atoms with van der Waals surface area (Å²) in [4.78, 5) is 16.0. The molecule has 1 fully saturated rings. The number of hydrogen-bond donors (Lipinski definition) is 1. The summed E-state index contributed by atoms with van der Waals surface area (Å²) in [5.74, 6) is 0.740. The molecule has 0 saturated heterocycles. The smallest absolute Gasteiger partial charge is 0.312 e. The van der Waals surface area contributed by atoms with Crippen LogP contribution in [0.5, 0.6) is 0 Å². The summed E-state index contributed by atoms with van der Waals surface area (Å²) in [5.41, 5.74) is 1.70. The third-order valence-electron chi connectivity index (χ3n) is 3.57. The fraction of sp³-hybridized carbons (Fsp3) is 0.714. The van der Waals surface area contributed by atoms with E-state index < -0.39 is 0 Å². The Kier molecular flexibility index (Phi) is 4.17. The van der Waals surface area contributed by atoms with E-state index in [4.69, 9.17) is 0 Å². The van der Waals surface area contributed by atoms with E-state index in [0.29, 0.717) is 6.04 Å². The standard InChI is InChI=1S/C14H23N3O/c1-4-7-15-13(12-5-6-12)9-17-11(3)8-10(2)16-14(17)18/h8,12-13,15H,4-7,9H2,1-3H3. The lowest BCUT2D eigenvalue weighted by Crippen LogP contribution is -2.40. The summed E-state index contributed by atoms with van der Waals surface area (Å²) >= 11 is 0. The van der Waals surface area contributed by atoms with Gasteiger partial charge in [-0.15, -0.1) is 0 Å². The molecule has 18 heavy (non-hydrogen) atoms. The van der Waals surface area contributed by atoms with Gasteiger partial charge >= 0.3 is 5.69 Å². The molecule has 0 amide bonds. The highest BCUT2D eigenvalue weighted by Gasteiger charge is 2.31. The van der Waals surface area contributed by atoms with E-state index in [1.165, 1.54) is 12.8 Å².